The number of aliphatic hydroxyl groups is 1. The zero-order valence-electron chi connectivity index (χ0n) is 17.1. The minimum Gasteiger partial charge on any atom is -0.493 e. The van der Waals surface area contributed by atoms with Gasteiger partial charge in [-0.2, -0.15) is 0 Å². The Hall–Kier alpha value is -3.00. The SMILES string of the molecule is C=CC(Oc1cc(-c2ccc(OCCO)c(OC)c2)cnc1N)c1c(Cl)ccc(F)c1Cl. The Balaban J connectivity index is 1.96. The predicted octanol–water partition coefficient (Wildman–Crippen LogP) is 5.46. The molecule has 0 spiro atoms. The maximum absolute atomic E-state index is 14.0. The van der Waals surface area contributed by atoms with E-state index in [1.165, 1.54) is 25.3 Å². The molecule has 3 aromatic rings. The fourth-order valence-corrected chi connectivity index (χ4v) is 3.58. The van der Waals surface area contributed by atoms with Gasteiger partial charge < -0.3 is 25.1 Å². The number of nitrogens with zero attached hydrogens (tertiary/aromatic N) is 1. The number of hydrogen-bond donors (Lipinski definition) is 2. The molecule has 2 aromatic carbocycles. The van der Waals surface area contributed by atoms with Crippen LogP contribution in [-0.4, -0.2) is 30.4 Å². The van der Waals surface area contributed by atoms with Gasteiger partial charge in [0.25, 0.3) is 0 Å². The van der Waals surface area contributed by atoms with Crippen LogP contribution in [0.5, 0.6) is 17.2 Å². The monoisotopic (exact) mass is 478 g/mol. The first kappa shape index (κ1) is 23.7. The van der Waals surface area contributed by atoms with Crippen LogP contribution in [-0.2, 0) is 0 Å². The number of benzene rings is 2. The van der Waals surface area contributed by atoms with E-state index in [4.69, 9.17) is 48.3 Å². The van der Waals surface area contributed by atoms with E-state index >= 15 is 0 Å². The van der Waals surface area contributed by atoms with Crippen LogP contribution in [0, 0.1) is 5.82 Å². The van der Waals surface area contributed by atoms with Gasteiger partial charge in [-0.25, -0.2) is 9.37 Å². The van der Waals surface area contributed by atoms with Gasteiger partial charge in [0, 0.05) is 22.3 Å². The fourth-order valence-electron chi connectivity index (χ4n) is 2.99. The number of aromatic nitrogens is 1. The smallest absolute Gasteiger partial charge is 0.166 e. The molecule has 0 saturated carbocycles. The molecule has 168 valence electrons. The van der Waals surface area contributed by atoms with Crippen LogP contribution < -0.4 is 19.9 Å². The number of pyridine rings is 1. The normalized spacial score (nSPS) is 11.7. The van der Waals surface area contributed by atoms with Gasteiger partial charge in [-0.1, -0.05) is 35.8 Å². The van der Waals surface area contributed by atoms with Gasteiger partial charge in [-0.15, -0.1) is 0 Å². The molecule has 9 heteroatoms. The van der Waals surface area contributed by atoms with Gasteiger partial charge in [0.1, 0.15) is 18.5 Å². The van der Waals surface area contributed by atoms with E-state index in [9.17, 15) is 4.39 Å². The third-order valence-corrected chi connectivity index (χ3v) is 5.27. The minimum atomic E-state index is -0.867. The first-order valence-electron chi connectivity index (χ1n) is 9.49. The van der Waals surface area contributed by atoms with Gasteiger partial charge in [-0.05, 0) is 42.0 Å². The molecule has 0 fully saturated rings. The Bertz CT molecular complexity index is 1130. The van der Waals surface area contributed by atoms with E-state index in [1.807, 2.05) is 0 Å². The van der Waals surface area contributed by atoms with Crippen molar-refractivity contribution in [1.82, 2.24) is 4.98 Å². The van der Waals surface area contributed by atoms with Crippen LogP contribution in [0.3, 0.4) is 0 Å². The first-order chi connectivity index (χ1) is 15.4. The Morgan fingerprint density at radius 1 is 1.16 bits per heavy atom. The van der Waals surface area contributed by atoms with Gasteiger partial charge in [0.15, 0.2) is 23.1 Å². The fraction of sp³-hybridized carbons (Fsp3) is 0.174. The lowest BCUT2D eigenvalue weighted by Crippen LogP contribution is -2.09. The quantitative estimate of drug-likeness (QED) is 0.313. The molecule has 0 amide bonds. The summed E-state index contributed by atoms with van der Waals surface area (Å²) in [5.41, 5.74) is 7.69. The highest BCUT2D eigenvalue weighted by molar-refractivity contribution is 6.36. The summed E-state index contributed by atoms with van der Waals surface area (Å²) in [6, 6.07) is 9.53. The minimum absolute atomic E-state index is 0.114. The zero-order chi connectivity index (χ0) is 23.3. The maximum atomic E-state index is 14.0. The van der Waals surface area contributed by atoms with Crippen molar-refractivity contribution in [3.8, 4) is 28.4 Å². The van der Waals surface area contributed by atoms with Gasteiger partial charge in [0.05, 0.1) is 18.7 Å². The van der Waals surface area contributed by atoms with Gasteiger partial charge in [-0.3, -0.25) is 0 Å². The molecular formula is C23H21Cl2FN2O4. The molecule has 1 aromatic heterocycles. The molecule has 0 aliphatic rings. The summed E-state index contributed by atoms with van der Waals surface area (Å²) in [5, 5.41) is 9.03. The van der Waals surface area contributed by atoms with Crippen molar-refractivity contribution in [2.24, 2.45) is 0 Å². The summed E-state index contributed by atoms with van der Waals surface area (Å²) in [6.45, 7) is 3.77. The largest absolute Gasteiger partial charge is 0.493 e. The third-order valence-electron chi connectivity index (χ3n) is 4.56. The van der Waals surface area contributed by atoms with Crippen LogP contribution in [0.4, 0.5) is 10.2 Å². The Morgan fingerprint density at radius 2 is 1.91 bits per heavy atom. The lowest BCUT2D eigenvalue weighted by molar-refractivity contribution is 0.196. The number of hydrogen-bond acceptors (Lipinski definition) is 6. The molecule has 0 saturated heterocycles. The molecule has 3 rings (SSSR count). The molecule has 0 radical (unpaired) electrons. The van der Waals surface area contributed by atoms with Gasteiger partial charge >= 0.3 is 0 Å². The summed E-state index contributed by atoms with van der Waals surface area (Å²) in [5.74, 6) is 0.712. The molecule has 0 bridgehead atoms. The Kier molecular flexibility index (Phi) is 7.80. The topological polar surface area (TPSA) is 86.8 Å². The summed E-state index contributed by atoms with van der Waals surface area (Å²) >= 11 is 12.3. The number of nitrogens with two attached hydrogens (primary N) is 1. The number of nitrogen functional groups attached to an aromatic ring is 1. The summed E-state index contributed by atoms with van der Waals surface area (Å²) < 4.78 is 30.8. The van der Waals surface area contributed by atoms with Crippen molar-refractivity contribution in [3.05, 3.63) is 76.7 Å². The standard InChI is InChI=1S/C23H21Cl2FN2O4/c1-3-17(21-15(24)5-6-16(26)22(21)25)32-20-11-14(12-28-23(20)27)13-4-7-18(31-9-8-29)19(10-13)30-2/h3-7,10-12,17,29H,1,8-9H2,2H3,(H2,27,28). The second-order valence-electron chi connectivity index (χ2n) is 6.58. The summed E-state index contributed by atoms with van der Waals surface area (Å²) in [4.78, 5) is 4.20. The molecular weight excluding hydrogens is 458 g/mol. The summed E-state index contributed by atoms with van der Waals surface area (Å²) in [6.07, 6.45) is 2.15. The first-order valence-corrected chi connectivity index (χ1v) is 10.2. The van der Waals surface area contributed by atoms with Crippen LogP contribution in [0.1, 0.15) is 11.7 Å². The van der Waals surface area contributed by atoms with E-state index in [-0.39, 0.29) is 40.4 Å². The van der Waals surface area contributed by atoms with Gasteiger partial charge in [0.2, 0.25) is 0 Å². The zero-order valence-corrected chi connectivity index (χ0v) is 18.7. The average molecular weight is 479 g/mol. The molecule has 6 nitrogen and oxygen atoms in total. The Labute approximate surface area is 195 Å². The van der Waals surface area contributed by atoms with Crippen molar-refractivity contribution in [2.75, 3.05) is 26.1 Å². The highest BCUT2D eigenvalue weighted by atomic mass is 35.5. The van der Waals surface area contributed by atoms with Crippen molar-refractivity contribution in [2.45, 2.75) is 6.10 Å². The van der Waals surface area contributed by atoms with Crippen LogP contribution in [0.2, 0.25) is 10.0 Å². The van der Waals surface area contributed by atoms with Crippen molar-refractivity contribution in [3.63, 3.8) is 0 Å². The van der Waals surface area contributed by atoms with E-state index in [0.29, 0.717) is 17.1 Å². The predicted molar refractivity (Wildman–Crippen MR) is 123 cm³/mol. The average Bonchev–Trinajstić information content (AvgIpc) is 2.80. The number of aliphatic hydroxyl groups excluding tert-OH is 1. The van der Waals surface area contributed by atoms with E-state index < -0.39 is 11.9 Å². The maximum Gasteiger partial charge on any atom is 0.166 e. The van der Waals surface area contributed by atoms with Crippen LogP contribution >= 0.6 is 23.2 Å². The second kappa shape index (κ2) is 10.5. The highest BCUT2D eigenvalue weighted by Crippen LogP contribution is 2.38. The number of methoxy groups -OCH3 is 1. The molecule has 0 aliphatic heterocycles. The Morgan fingerprint density at radius 3 is 2.59 bits per heavy atom. The molecule has 1 heterocycles. The molecule has 1 unspecified atom stereocenters. The van der Waals surface area contributed by atoms with E-state index in [0.717, 1.165) is 5.56 Å². The molecule has 0 aliphatic carbocycles. The van der Waals surface area contributed by atoms with Crippen LogP contribution in [0.15, 0.2) is 55.3 Å². The van der Waals surface area contributed by atoms with Crippen molar-refractivity contribution in [1.29, 1.82) is 0 Å². The molecule has 3 N–H and O–H groups in total. The number of ether oxygens (including phenoxy) is 3. The van der Waals surface area contributed by atoms with E-state index in [2.05, 4.69) is 11.6 Å². The van der Waals surface area contributed by atoms with Crippen molar-refractivity contribution >= 4 is 29.0 Å². The number of halogens is 3. The number of rotatable bonds is 9. The van der Waals surface area contributed by atoms with E-state index in [1.54, 1.807) is 30.5 Å². The lowest BCUT2D eigenvalue weighted by atomic mass is 10.1. The number of anilines is 1. The molecule has 32 heavy (non-hydrogen) atoms. The highest BCUT2D eigenvalue weighted by Gasteiger charge is 2.21. The lowest BCUT2D eigenvalue weighted by Gasteiger charge is -2.20. The van der Waals surface area contributed by atoms with Crippen LogP contribution in [0.25, 0.3) is 11.1 Å². The summed E-state index contributed by atoms with van der Waals surface area (Å²) in [7, 11) is 1.52. The molecule has 1 atom stereocenters. The third kappa shape index (κ3) is 5.07. The second-order valence-corrected chi connectivity index (χ2v) is 7.36. The van der Waals surface area contributed by atoms with Crippen molar-refractivity contribution < 1.29 is 23.7 Å².